The van der Waals surface area contributed by atoms with E-state index in [2.05, 4.69) is 16.0 Å². The maximum Gasteiger partial charge on any atom is 0.322 e. The lowest BCUT2D eigenvalue weighted by Gasteiger charge is -2.20. The third kappa shape index (κ3) is 10.2. The van der Waals surface area contributed by atoms with Gasteiger partial charge in [0.05, 0.1) is 6.04 Å². The second-order valence-electron chi connectivity index (χ2n) is 7.20. The number of carboxylic acids is 1. The van der Waals surface area contributed by atoms with Gasteiger partial charge < -0.3 is 26.8 Å². The van der Waals surface area contributed by atoms with Crippen molar-refractivity contribution in [1.29, 1.82) is 0 Å². The van der Waals surface area contributed by atoms with Gasteiger partial charge in [0.25, 0.3) is 0 Å². The lowest BCUT2D eigenvalue weighted by Crippen LogP contribution is -2.55. The van der Waals surface area contributed by atoms with Gasteiger partial charge in [-0.3, -0.25) is 19.2 Å². The molecule has 0 bridgehead atoms. The second-order valence-corrected chi connectivity index (χ2v) is 7.20. The quantitative estimate of drug-likeness (QED) is 0.324. The van der Waals surface area contributed by atoms with Gasteiger partial charge >= 0.3 is 5.97 Å². The predicted octanol–water partition coefficient (Wildman–Crippen LogP) is -0.206. The first-order valence-electron chi connectivity index (χ1n) is 9.55. The highest BCUT2D eigenvalue weighted by Crippen LogP contribution is 2.03. The molecular formula is C20H30N4O5. The summed E-state index contributed by atoms with van der Waals surface area (Å²) in [6, 6.07) is 7.55. The van der Waals surface area contributed by atoms with Gasteiger partial charge in [0.2, 0.25) is 17.7 Å². The Hall–Kier alpha value is -2.94. The number of carboxylic acid groups (broad SMARTS) is 1. The molecule has 1 aromatic carbocycles. The van der Waals surface area contributed by atoms with E-state index in [4.69, 9.17) is 10.8 Å². The largest absolute Gasteiger partial charge is 0.480 e. The molecule has 6 N–H and O–H groups in total. The molecule has 0 heterocycles. The Bertz CT molecular complexity index is 693. The zero-order valence-corrected chi connectivity index (χ0v) is 16.8. The second kappa shape index (κ2) is 12.5. The van der Waals surface area contributed by atoms with Crippen molar-refractivity contribution >= 4 is 23.7 Å². The van der Waals surface area contributed by atoms with Crippen molar-refractivity contribution < 1.29 is 24.3 Å². The number of aliphatic carboxylic acids is 1. The van der Waals surface area contributed by atoms with Crippen LogP contribution in [0.4, 0.5) is 0 Å². The van der Waals surface area contributed by atoms with Crippen molar-refractivity contribution in [3.05, 3.63) is 35.9 Å². The highest BCUT2D eigenvalue weighted by molar-refractivity contribution is 5.90. The monoisotopic (exact) mass is 406 g/mol. The van der Waals surface area contributed by atoms with Crippen molar-refractivity contribution in [2.75, 3.05) is 13.1 Å². The molecule has 1 aromatic rings. The van der Waals surface area contributed by atoms with E-state index < -0.39 is 36.4 Å². The van der Waals surface area contributed by atoms with Crippen LogP contribution >= 0.6 is 0 Å². The molecule has 9 heteroatoms. The Morgan fingerprint density at radius 2 is 1.69 bits per heavy atom. The fourth-order valence-electron chi connectivity index (χ4n) is 2.61. The van der Waals surface area contributed by atoms with Gasteiger partial charge in [-0.2, -0.15) is 0 Å². The summed E-state index contributed by atoms with van der Waals surface area (Å²) in [6.45, 7) is 3.09. The predicted molar refractivity (Wildman–Crippen MR) is 108 cm³/mol. The number of nitrogens with one attached hydrogen (secondary N) is 3. The van der Waals surface area contributed by atoms with Crippen molar-refractivity contribution in [3.8, 4) is 0 Å². The van der Waals surface area contributed by atoms with Gasteiger partial charge in [-0.25, -0.2) is 0 Å². The molecule has 0 spiro atoms. The van der Waals surface area contributed by atoms with Crippen LogP contribution in [0.1, 0.15) is 32.3 Å². The van der Waals surface area contributed by atoms with E-state index in [0.717, 1.165) is 5.56 Å². The lowest BCUT2D eigenvalue weighted by atomic mass is 10.0. The van der Waals surface area contributed by atoms with E-state index in [1.165, 1.54) is 0 Å². The summed E-state index contributed by atoms with van der Waals surface area (Å²) in [7, 11) is 0. The van der Waals surface area contributed by atoms with Crippen LogP contribution < -0.4 is 21.7 Å². The molecule has 2 unspecified atom stereocenters. The van der Waals surface area contributed by atoms with E-state index in [-0.39, 0.29) is 24.8 Å². The minimum atomic E-state index is -1.21. The first-order valence-corrected chi connectivity index (χ1v) is 9.55. The van der Waals surface area contributed by atoms with Crippen molar-refractivity contribution in [3.63, 3.8) is 0 Å². The van der Waals surface area contributed by atoms with Gasteiger partial charge in [-0.1, -0.05) is 44.2 Å². The summed E-state index contributed by atoms with van der Waals surface area (Å²) < 4.78 is 0. The SMILES string of the molecule is CC(C)CC(N)C(=O)NCC(NC(=O)CCc1ccccc1)C(=O)NCC(=O)O. The highest BCUT2D eigenvalue weighted by atomic mass is 16.4. The van der Waals surface area contributed by atoms with E-state index in [9.17, 15) is 19.2 Å². The van der Waals surface area contributed by atoms with Crippen LogP contribution in [0, 0.1) is 5.92 Å². The van der Waals surface area contributed by atoms with Crippen LogP contribution in [0.25, 0.3) is 0 Å². The van der Waals surface area contributed by atoms with Crippen molar-refractivity contribution in [2.45, 2.75) is 45.2 Å². The number of hydrogen-bond acceptors (Lipinski definition) is 5. The molecular weight excluding hydrogens is 376 g/mol. The molecule has 0 aliphatic carbocycles. The maximum atomic E-state index is 12.2. The first kappa shape index (κ1) is 24.1. The molecule has 2 atom stereocenters. The minimum Gasteiger partial charge on any atom is -0.480 e. The van der Waals surface area contributed by atoms with E-state index in [1.54, 1.807) is 0 Å². The van der Waals surface area contributed by atoms with Crippen molar-refractivity contribution in [2.24, 2.45) is 11.7 Å². The molecule has 0 radical (unpaired) electrons. The van der Waals surface area contributed by atoms with Crippen molar-refractivity contribution in [1.82, 2.24) is 16.0 Å². The Morgan fingerprint density at radius 1 is 1.03 bits per heavy atom. The highest BCUT2D eigenvalue weighted by Gasteiger charge is 2.23. The third-order valence-electron chi connectivity index (χ3n) is 4.09. The van der Waals surface area contributed by atoms with E-state index in [1.807, 2.05) is 44.2 Å². The Balaban J connectivity index is 2.64. The molecule has 0 aliphatic rings. The zero-order chi connectivity index (χ0) is 21.8. The van der Waals surface area contributed by atoms with Gasteiger partial charge in [0, 0.05) is 13.0 Å². The standard InChI is InChI=1S/C20H30N4O5/c1-13(2)10-15(21)19(28)22-11-16(20(29)23-12-18(26)27)24-17(25)9-8-14-6-4-3-5-7-14/h3-7,13,15-16H,8-12,21H2,1-2H3,(H,22,28)(H,23,29)(H,24,25)(H,26,27). The summed E-state index contributed by atoms with van der Waals surface area (Å²) in [5, 5.41) is 16.0. The Kier molecular flexibility index (Phi) is 10.4. The van der Waals surface area contributed by atoms with Crippen LogP contribution in [-0.4, -0.2) is 54.0 Å². The fourth-order valence-corrected chi connectivity index (χ4v) is 2.61. The molecule has 0 aliphatic heterocycles. The smallest absolute Gasteiger partial charge is 0.322 e. The van der Waals surface area contributed by atoms with Crippen LogP contribution in [-0.2, 0) is 25.6 Å². The summed E-state index contributed by atoms with van der Waals surface area (Å²) in [6.07, 6.45) is 1.11. The van der Waals surface area contributed by atoms with E-state index >= 15 is 0 Å². The zero-order valence-electron chi connectivity index (χ0n) is 16.8. The number of rotatable bonds is 12. The van der Waals surface area contributed by atoms with Gasteiger partial charge in [0.15, 0.2) is 0 Å². The average Bonchev–Trinajstić information content (AvgIpc) is 2.67. The Labute approximate surface area is 170 Å². The number of carbonyl (C=O) groups excluding carboxylic acids is 3. The minimum absolute atomic E-state index is 0.146. The number of nitrogens with two attached hydrogens (primary N) is 1. The lowest BCUT2D eigenvalue weighted by molar-refractivity contribution is -0.138. The van der Waals surface area contributed by atoms with Crippen LogP contribution in [0.3, 0.4) is 0 Å². The van der Waals surface area contributed by atoms with Gasteiger partial charge in [-0.15, -0.1) is 0 Å². The molecule has 1 rings (SSSR count). The molecule has 3 amide bonds. The summed E-state index contributed by atoms with van der Waals surface area (Å²) in [4.78, 5) is 47.3. The average molecular weight is 406 g/mol. The maximum absolute atomic E-state index is 12.2. The molecule has 0 saturated heterocycles. The fraction of sp³-hybridized carbons (Fsp3) is 0.500. The number of aryl methyl sites for hydroxylation is 1. The molecule has 0 saturated carbocycles. The van der Waals surface area contributed by atoms with E-state index in [0.29, 0.717) is 12.8 Å². The van der Waals surface area contributed by atoms with Gasteiger partial charge in [-0.05, 0) is 24.3 Å². The Morgan fingerprint density at radius 3 is 2.28 bits per heavy atom. The topological polar surface area (TPSA) is 151 Å². The number of amides is 3. The van der Waals surface area contributed by atoms with Crippen LogP contribution in [0.5, 0.6) is 0 Å². The molecule has 29 heavy (non-hydrogen) atoms. The third-order valence-corrected chi connectivity index (χ3v) is 4.09. The number of carbonyl (C=O) groups is 4. The number of hydrogen-bond donors (Lipinski definition) is 5. The summed E-state index contributed by atoms with van der Waals surface area (Å²) >= 11 is 0. The summed E-state index contributed by atoms with van der Waals surface area (Å²) in [5.41, 5.74) is 6.79. The first-order chi connectivity index (χ1) is 13.7. The molecule has 9 nitrogen and oxygen atoms in total. The summed E-state index contributed by atoms with van der Waals surface area (Å²) in [5.74, 6) is -2.50. The molecule has 160 valence electrons. The molecule has 0 fully saturated rings. The normalized spacial score (nSPS) is 12.7. The number of benzene rings is 1. The van der Waals surface area contributed by atoms with Crippen LogP contribution in [0.15, 0.2) is 30.3 Å². The van der Waals surface area contributed by atoms with Gasteiger partial charge in [0.1, 0.15) is 12.6 Å². The molecule has 0 aromatic heterocycles. The van der Waals surface area contributed by atoms with Crippen LogP contribution in [0.2, 0.25) is 0 Å².